The van der Waals surface area contributed by atoms with Crippen molar-refractivity contribution in [1.82, 2.24) is 0 Å². The van der Waals surface area contributed by atoms with E-state index < -0.39 is 18.5 Å². The molecule has 6 nitrogen and oxygen atoms in total. The summed E-state index contributed by atoms with van der Waals surface area (Å²) in [6.07, 6.45) is 16.1. The van der Waals surface area contributed by atoms with E-state index in [0.29, 0.717) is 19.4 Å². The van der Waals surface area contributed by atoms with Crippen LogP contribution in [0.1, 0.15) is 96.8 Å². The summed E-state index contributed by atoms with van der Waals surface area (Å²) in [6, 6.07) is 0. The molecule has 170 valence electrons. The third kappa shape index (κ3) is 11.1. The number of carbonyl (C=O) groups is 1. The highest BCUT2D eigenvalue weighted by Gasteiger charge is 2.48. The molecular formula is C23H42O6. The Hall–Kier alpha value is -0.950. The van der Waals surface area contributed by atoms with Crippen LogP contribution in [-0.2, 0) is 14.3 Å². The summed E-state index contributed by atoms with van der Waals surface area (Å²) in [4.78, 5) is 11.9. The molecule has 0 aromatic heterocycles. The molecule has 0 aromatic carbocycles. The van der Waals surface area contributed by atoms with Crippen LogP contribution in [-0.4, -0.2) is 52.5 Å². The summed E-state index contributed by atoms with van der Waals surface area (Å²) in [5.74, 6) is -1.71. The molecule has 0 radical (unpaired) electrons. The largest absolute Gasteiger partial charge is 0.430 e. The molecule has 2 unspecified atom stereocenters. The fourth-order valence-electron chi connectivity index (χ4n) is 3.45. The average molecular weight is 415 g/mol. The maximum absolute atomic E-state index is 11.9. The molecule has 1 fully saturated rings. The lowest BCUT2D eigenvalue weighted by molar-refractivity contribution is -0.333. The van der Waals surface area contributed by atoms with Gasteiger partial charge in [-0.2, -0.15) is 0 Å². The Morgan fingerprint density at radius 3 is 2.41 bits per heavy atom. The number of unbranched alkanes of at least 4 members (excludes halogenated alkanes) is 8. The Bertz CT molecular complexity index is 447. The standard InChI is InChI=1S/C23H42O6/c1-2-3-4-11-14-20(25)15-12-9-7-5-6-8-10-13-16-22(27)29-23(17-18-28-23)21(26)19-24/h9,12,20-21,24-26H,2-8,10-11,13-19H2,1H3/b12-9-/t20-,21?,23?/m1/s1. The van der Waals surface area contributed by atoms with Crippen molar-refractivity contribution < 1.29 is 29.6 Å². The zero-order chi connectivity index (χ0) is 21.4. The highest BCUT2D eigenvalue weighted by atomic mass is 16.7. The Morgan fingerprint density at radius 2 is 1.76 bits per heavy atom. The van der Waals surface area contributed by atoms with Crippen molar-refractivity contribution in [1.29, 1.82) is 0 Å². The van der Waals surface area contributed by atoms with Crippen LogP contribution in [0.3, 0.4) is 0 Å². The van der Waals surface area contributed by atoms with Crippen LogP contribution in [0.25, 0.3) is 0 Å². The SMILES string of the molecule is CCCCCC[C@@H](O)C/C=C\CCCCCCCC(=O)OC1(C(O)CO)CCO1. The first-order valence-corrected chi connectivity index (χ1v) is 11.5. The summed E-state index contributed by atoms with van der Waals surface area (Å²) >= 11 is 0. The molecule has 1 rings (SSSR count). The molecule has 1 aliphatic rings. The minimum atomic E-state index is -1.33. The number of ether oxygens (including phenoxy) is 2. The second-order valence-corrected chi connectivity index (χ2v) is 8.10. The van der Waals surface area contributed by atoms with Gasteiger partial charge in [0.2, 0.25) is 5.79 Å². The van der Waals surface area contributed by atoms with Crippen molar-refractivity contribution in [2.75, 3.05) is 13.2 Å². The van der Waals surface area contributed by atoms with Crippen molar-refractivity contribution >= 4 is 5.97 Å². The van der Waals surface area contributed by atoms with Crippen molar-refractivity contribution in [3.8, 4) is 0 Å². The second-order valence-electron chi connectivity index (χ2n) is 8.10. The van der Waals surface area contributed by atoms with E-state index in [1.807, 2.05) is 0 Å². The predicted molar refractivity (Wildman–Crippen MR) is 113 cm³/mol. The lowest BCUT2D eigenvalue weighted by atomic mass is 10.0. The Morgan fingerprint density at radius 1 is 1.07 bits per heavy atom. The number of aliphatic hydroxyl groups excluding tert-OH is 3. The van der Waals surface area contributed by atoms with Gasteiger partial charge in [-0.05, 0) is 32.1 Å². The van der Waals surface area contributed by atoms with Crippen molar-refractivity contribution in [3.63, 3.8) is 0 Å². The van der Waals surface area contributed by atoms with E-state index in [-0.39, 0.29) is 12.1 Å². The predicted octanol–water partition coefficient (Wildman–Crippen LogP) is 4.01. The average Bonchev–Trinajstić information content (AvgIpc) is 2.68. The second kappa shape index (κ2) is 15.8. The van der Waals surface area contributed by atoms with Gasteiger partial charge in [0.15, 0.2) is 0 Å². The van der Waals surface area contributed by atoms with Crippen LogP contribution in [0.2, 0.25) is 0 Å². The normalized spacial score (nSPS) is 21.1. The summed E-state index contributed by atoms with van der Waals surface area (Å²) < 4.78 is 10.5. The van der Waals surface area contributed by atoms with Gasteiger partial charge in [0, 0.05) is 12.8 Å². The molecule has 3 atom stereocenters. The quantitative estimate of drug-likeness (QED) is 0.178. The van der Waals surface area contributed by atoms with Crippen LogP contribution in [0.4, 0.5) is 0 Å². The molecule has 1 saturated heterocycles. The van der Waals surface area contributed by atoms with Gasteiger partial charge in [0.05, 0.1) is 19.3 Å². The molecular weight excluding hydrogens is 372 g/mol. The van der Waals surface area contributed by atoms with E-state index >= 15 is 0 Å². The van der Waals surface area contributed by atoms with E-state index in [1.165, 1.54) is 19.3 Å². The molecule has 0 saturated carbocycles. The highest BCUT2D eigenvalue weighted by molar-refractivity contribution is 5.69. The first-order valence-electron chi connectivity index (χ1n) is 11.5. The molecule has 0 bridgehead atoms. The number of rotatable bonds is 18. The van der Waals surface area contributed by atoms with Gasteiger partial charge in [-0.15, -0.1) is 0 Å². The molecule has 0 aliphatic carbocycles. The number of hydrogen-bond donors (Lipinski definition) is 3. The zero-order valence-electron chi connectivity index (χ0n) is 18.2. The first-order chi connectivity index (χ1) is 14.0. The van der Waals surface area contributed by atoms with Crippen LogP contribution in [0, 0.1) is 0 Å². The molecule has 1 aliphatic heterocycles. The Balaban J connectivity index is 1.94. The monoisotopic (exact) mass is 414 g/mol. The number of esters is 1. The topological polar surface area (TPSA) is 96.2 Å². The fraction of sp³-hybridized carbons (Fsp3) is 0.870. The number of aliphatic hydroxyl groups is 3. The first kappa shape index (κ1) is 26.1. The van der Waals surface area contributed by atoms with Crippen LogP contribution in [0.15, 0.2) is 12.2 Å². The minimum absolute atomic E-state index is 0.203. The summed E-state index contributed by atoms with van der Waals surface area (Å²) in [6.45, 7) is 2.13. The molecule has 0 aromatic rings. The van der Waals surface area contributed by atoms with Gasteiger partial charge < -0.3 is 24.8 Å². The maximum atomic E-state index is 11.9. The van der Waals surface area contributed by atoms with Crippen LogP contribution < -0.4 is 0 Å². The highest BCUT2D eigenvalue weighted by Crippen LogP contribution is 2.32. The Kier molecular flexibility index (Phi) is 14.2. The molecule has 29 heavy (non-hydrogen) atoms. The molecule has 3 N–H and O–H groups in total. The van der Waals surface area contributed by atoms with Crippen molar-refractivity contribution in [2.24, 2.45) is 0 Å². The zero-order valence-corrected chi connectivity index (χ0v) is 18.2. The molecule has 6 heteroatoms. The molecule has 1 heterocycles. The van der Waals surface area contributed by atoms with Gasteiger partial charge in [-0.3, -0.25) is 4.79 Å². The number of carbonyl (C=O) groups excluding carboxylic acids is 1. The number of hydrogen-bond acceptors (Lipinski definition) is 6. The van der Waals surface area contributed by atoms with Gasteiger partial charge in [0.1, 0.15) is 6.10 Å². The maximum Gasteiger partial charge on any atom is 0.308 e. The van der Waals surface area contributed by atoms with E-state index in [0.717, 1.165) is 57.8 Å². The summed E-state index contributed by atoms with van der Waals surface area (Å²) in [7, 11) is 0. The van der Waals surface area contributed by atoms with Crippen molar-refractivity contribution in [2.45, 2.75) is 115 Å². The van der Waals surface area contributed by atoms with E-state index in [9.17, 15) is 15.0 Å². The molecule has 0 spiro atoms. The lowest BCUT2D eigenvalue weighted by Crippen LogP contribution is -2.57. The van der Waals surface area contributed by atoms with Gasteiger partial charge >= 0.3 is 5.97 Å². The van der Waals surface area contributed by atoms with E-state index in [4.69, 9.17) is 14.6 Å². The lowest BCUT2D eigenvalue weighted by Gasteiger charge is -2.43. The van der Waals surface area contributed by atoms with Gasteiger partial charge in [-0.1, -0.05) is 64.0 Å². The fourth-order valence-corrected chi connectivity index (χ4v) is 3.45. The van der Waals surface area contributed by atoms with E-state index in [1.54, 1.807) is 0 Å². The minimum Gasteiger partial charge on any atom is -0.430 e. The summed E-state index contributed by atoms with van der Waals surface area (Å²) in [5.41, 5.74) is 0. The smallest absolute Gasteiger partial charge is 0.308 e. The van der Waals surface area contributed by atoms with Crippen LogP contribution in [0.5, 0.6) is 0 Å². The third-order valence-corrected chi connectivity index (χ3v) is 5.48. The molecule has 0 amide bonds. The Labute approximate surface area is 176 Å². The van der Waals surface area contributed by atoms with Crippen LogP contribution >= 0.6 is 0 Å². The summed E-state index contributed by atoms with van der Waals surface area (Å²) in [5, 5.41) is 28.7. The van der Waals surface area contributed by atoms with Gasteiger partial charge in [0.25, 0.3) is 0 Å². The third-order valence-electron chi connectivity index (χ3n) is 5.48. The van der Waals surface area contributed by atoms with E-state index in [2.05, 4.69) is 19.1 Å². The van der Waals surface area contributed by atoms with Gasteiger partial charge in [-0.25, -0.2) is 0 Å². The number of allylic oxidation sites excluding steroid dienone is 1. The van der Waals surface area contributed by atoms with Crippen molar-refractivity contribution in [3.05, 3.63) is 12.2 Å².